The quantitative estimate of drug-likeness (QED) is 0.560. The Morgan fingerprint density at radius 3 is 2.24 bits per heavy atom. The average Bonchev–Trinajstić information content (AvgIpc) is 2.62. The maximum absolute atomic E-state index is 12.8. The summed E-state index contributed by atoms with van der Waals surface area (Å²) in [6.07, 6.45) is 2.51. The van der Waals surface area contributed by atoms with Crippen LogP contribution in [0.2, 0.25) is 0 Å². The van der Waals surface area contributed by atoms with Crippen LogP contribution >= 0.6 is 0 Å². The Kier molecular flexibility index (Phi) is 9.47. The summed E-state index contributed by atoms with van der Waals surface area (Å²) in [5, 5.41) is 18.4. The van der Waals surface area contributed by atoms with Crippen molar-refractivity contribution in [3.63, 3.8) is 0 Å². The Hall–Kier alpha value is -0.580. The molecule has 0 aromatic heterocycles. The van der Waals surface area contributed by atoms with Crippen LogP contribution < -0.4 is 0 Å². The van der Waals surface area contributed by atoms with Gasteiger partial charge in [-0.05, 0) is 39.0 Å². The van der Waals surface area contributed by atoms with E-state index < -0.39 is 17.3 Å². The summed E-state index contributed by atoms with van der Waals surface area (Å²) >= 11 is -2.45. The highest BCUT2D eigenvalue weighted by Crippen LogP contribution is 2.28. The van der Waals surface area contributed by atoms with E-state index in [4.69, 9.17) is 5.26 Å². The minimum atomic E-state index is -2.45. The molecule has 0 saturated carbocycles. The molecule has 2 fully saturated rings. The fourth-order valence-electron chi connectivity index (χ4n) is 3.54. The second-order valence-electron chi connectivity index (χ2n) is 6.70. The molecule has 2 aliphatic rings. The monoisotopic (exact) mass is 379 g/mol. The summed E-state index contributed by atoms with van der Waals surface area (Å²) in [7, 11) is 0. The van der Waals surface area contributed by atoms with Crippen LogP contribution in [-0.4, -0.2) is 72.6 Å². The number of rotatable bonds is 5. The van der Waals surface area contributed by atoms with E-state index in [1.807, 2.05) is 20.8 Å². The van der Waals surface area contributed by atoms with Gasteiger partial charge in [0.2, 0.25) is 5.91 Å². The van der Waals surface area contributed by atoms with E-state index in [-0.39, 0.29) is 17.9 Å². The lowest BCUT2D eigenvalue weighted by molar-refractivity contribution is -0.171. The minimum absolute atomic E-state index is 0.143. The smallest absolute Gasteiger partial charge is 0.290 e. The van der Waals surface area contributed by atoms with Gasteiger partial charge in [0, 0.05) is 31.7 Å². The number of carbonyl (C=O) groups excluding carboxylic acids is 1. The van der Waals surface area contributed by atoms with Crippen LogP contribution in [0.1, 0.15) is 53.9 Å². The molecular formula is C16H33N3O5S. The van der Waals surface area contributed by atoms with Crippen molar-refractivity contribution in [1.82, 2.24) is 14.3 Å². The van der Waals surface area contributed by atoms with Crippen LogP contribution in [-0.2, 0) is 20.4 Å². The first kappa shape index (κ1) is 22.5. The predicted octanol–water partition coefficient (Wildman–Crippen LogP) is 1.88. The van der Waals surface area contributed by atoms with E-state index in [0.717, 1.165) is 25.9 Å². The molecule has 0 aromatic rings. The molecule has 0 spiro atoms. The molecule has 2 aliphatic heterocycles. The molecule has 9 heteroatoms. The molecular weight excluding hydrogens is 346 g/mol. The van der Waals surface area contributed by atoms with Gasteiger partial charge in [0.05, 0.1) is 0 Å². The molecule has 0 aliphatic carbocycles. The Balaban J connectivity index is 0.00000151. The standard InChI is InChI=1S/C14H27N3O5S.C2H6/c1-10(2)15-7-5-12(6-8-15)16-9-4-11(3)13(14(16)18)17(19)23(21)22-20;1-2/h10-13,19-20H,4-9H2,1-3H3;1-2H3. The predicted molar refractivity (Wildman–Crippen MR) is 95.8 cm³/mol. The summed E-state index contributed by atoms with van der Waals surface area (Å²) in [5.41, 5.74) is 0. The zero-order valence-electron chi connectivity index (χ0n) is 15.9. The zero-order chi connectivity index (χ0) is 19.1. The number of hydroxylamine groups is 1. The van der Waals surface area contributed by atoms with Gasteiger partial charge in [-0.15, -0.1) is 4.33 Å². The van der Waals surface area contributed by atoms with E-state index in [0.29, 0.717) is 23.5 Å². The first-order chi connectivity index (χ1) is 11.9. The number of nitrogens with zero attached hydrogens (tertiary/aromatic N) is 3. The molecule has 0 radical (unpaired) electrons. The molecule has 2 N–H and O–H groups in total. The topological polar surface area (TPSA) is 93.6 Å². The lowest BCUT2D eigenvalue weighted by Crippen LogP contribution is -2.59. The summed E-state index contributed by atoms with van der Waals surface area (Å²) in [6, 6.07) is -0.318. The molecule has 148 valence electrons. The van der Waals surface area contributed by atoms with E-state index in [2.05, 4.69) is 23.1 Å². The number of carbonyl (C=O) groups is 1. The maximum atomic E-state index is 12.8. The number of amides is 1. The molecule has 2 saturated heterocycles. The molecule has 1 amide bonds. The Morgan fingerprint density at radius 2 is 1.76 bits per heavy atom. The lowest BCUT2D eigenvalue weighted by Gasteiger charge is -2.45. The maximum Gasteiger partial charge on any atom is 0.290 e. The van der Waals surface area contributed by atoms with Crippen LogP contribution in [0.3, 0.4) is 0 Å². The first-order valence-electron chi connectivity index (χ1n) is 9.13. The van der Waals surface area contributed by atoms with Crippen molar-refractivity contribution < 1.29 is 23.8 Å². The van der Waals surface area contributed by atoms with Gasteiger partial charge in [0.25, 0.3) is 11.3 Å². The molecule has 2 heterocycles. The van der Waals surface area contributed by atoms with Gasteiger partial charge in [-0.25, -0.2) is 9.47 Å². The van der Waals surface area contributed by atoms with Gasteiger partial charge in [-0.2, -0.15) is 0 Å². The van der Waals surface area contributed by atoms with Crippen molar-refractivity contribution in [1.29, 1.82) is 0 Å². The zero-order valence-corrected chi connectivity index (χ0v) is 16.7. The molecule has 0 bridgehead atoms. The summed E-state index contributed by atoms with van der Waals surface area (Å²) in [4.78, 5) is 16.9. The second kappa shape index (κ2) is 10.5. The molecule has 25 heavy (non-hydrogen) atoms. The number of piperidine rings is 2. The molecule has 2 rings (SSSR count). The highest BCUT2D eigenvalue weighted by atomic mass is 32.2. The normalized spacial score (nSPS) is 27.4. The van der Waals surface area contributed by atoms with Gasteiger partial charge in [-0.1, -0.05) is 25.2 Å². The van der Waals surface area contributed by atoms with E-state index >= 15 is 0 Å². The first-order valence-corrected chi connectivity index (χ1v) is 10.2. The average molecular weight is 380 g/mol. The second-order valence-corrected chi connectivity index (χ2v) is 7.65. The number of hydrogen-bond acceptors (Lipinski definition) is 6. The fraction of sp³-hybridized carbons (Fsp3) is 0.938. The molecule has 8 nitrogen and oxygen atoms in total. The van der Waals surface area contributed by atoms with E-state index in [9.17, 15) is 14.2 Å². The summed E-state index contributed by atoms with van der Waals surface area (Å²) in [5.74, 6) is -0.418. The van der Waals surface area contributed by atoms with Crippen molar-refractivity contribution in [2.24, 2.45) is 5.92 Å². The van der Waals surface area contributed by atoms with Crippen LogP contribution in [0, 0.1) is 5.92 Å². The summed E-state index contributed by atoms with van der Waals surface area (Å²) in [6.45, 7) is 12.7. The minimum Gasteiger partial charge on any atom is -0.338 e. The van der Waals surface area contributed by atoms with Crippen molar-refractivity contribution in [2.75, 3.05) is 19.6 Å². The SMILES string of the molecule is CC.CC1CCN(C2CCN(C(C)C)CC2)C(=O)C1N(O)S(=O)OO. The number of likely N-dealkylation sites (tertiary alicyclic amines) is 2. The van der Waals surface area contributed by atoms with Crippen LogP contribution in [0.4, 0.5) is 0 Å². The fourth-order valence-corrected chi connectivity index (χ4v) is 4.09. The number of hydrogen-bond donors (Lipinski definition) is 2. The van der Waals surface area contributed by atoms with Crippen molar-refractivity contribution in [3.8, 4) is 0 Å². The van der Waals surface area contributed by atoms with Crippen LogP contribution in [0.5, 0.6) is 0 Å². The van der Waals surface area contributed by atoms with Crippen molar-refractivity contribution >= 4 is 17.2 Å². The van der Waals surface area contributed by atoms with Gasteiger partial charge in [0.1, 0.15) is 6.04 Å². The Bertz CT molecular complexity index is 443. The van der Waals surface area contributed by atoms with Crippen molar-refractivity contribution in [2.45, 2.75) is 72.0 Å². The molecule has 3 atom stereocenters. The van der Waals surface area contributed by atoms with E-state index in [1.54, 1.807) is 4.90 Å². The Morgan fingerprint density at radius 1 is 1.20 bits per heavy atom. The van der Waals surface area contributed by atoms with Gasteiger partial charge >= 0.3 is 0 Å². The van der Waals surface area contributed by atoms with E-state index in [1.165, 1.54) is 0 Å². The largest absolute Gasteiger partial charge is 0.338 e. The highest BCUT2D eigenvalue weighted by molar-refractivity contribution is 7.77. The third kappa shape index (κ3) is 5.45. The van der Waals surface area contributed by atoms with Crippen LogP contribution in [0.25, 0.3) is 0 Å². The summed E-state index contributed by atoms with van der Waals surface area (Å²) < 4.78 is 15.4. The third-order valence-electron chi connectivity index (χ3n) is 5.03. The lowest BCUT2D eigenvalue weighted by atomic mass is 9.90. The van der Waals surface area contributed by atoms with Crippen LogP contribution in [0.15, 0.2) is 0 Å². The van der Waals surface area contributed by atoms with Gasteiger partial charge in [0.15, 0.2) is 0 Å². The highest BCUT2D eigenvalue weighted by Gasteiger charge is 2.43. The Labute approximate surface area is 153 Å². The van der Waals surface area contributed by atoms with Gasteiger partial charge in [-0.3, -0.25) is 10.0 Å². The third-order valence-corrected chi connectivity index (χ3v) is 5.69. The molecule has 3 unspecified atom stereocenters. The molecule has 0 aromatic carbocycles. The van der Waals surface area contributed by atoms with Crippen molar-refractivity contribution in [3.05, 3.63) is 0 Å². The van der Waals surface area contributed by atoms with Gasteiger partial charge < -0.3 is 9.80 Å².